The molecule has 3 N–H and O–H groups in total. The van der Waals surface area contributed by atoms with E-state index in [4.69, 9.17) is 0 Å². The number of H-pyrrole nitrogens is 1. The summed E-state index contributed by atoms with van der Waals surface area (Å²) in [6.07, 6.45) is 0. The largest absolute Gasteiger partial charge is 0.364 e. The van der Waals surface area contributed by atoms with Crippen LogP contribution in [0.15, 0.2) is 16.9 Å². The van der Waals surface area contributed by atoms with Crippen molar-refractivity contribution in [2.24, 2.45) is 0 Å². The van der Waals surface area contributed by atoms with E-state index < -0.39 is 5.69 Å². The molecule has 2 heterocycles. The highest BCUT2D eigenvalue weighted by Gasteiger charge is 2.03. The van der Waals surface area contributed by atoms with Gasteiger partial charge in [0.25, 0.3) is 0 Å². The van der Waals surface area contributed by atoms with Crippen molar-refractivity contribution in [1.29, 1.82) is 0 Å². The van der Waals surface area contributed by atoms with Crippen LogP contribution in [0.5, 0.6) is 0 Å². The Morgan fingerprint density at radius 2 is 2.38 bits per heavy atom. The number of likely N-dealkylation sites (N-methyl/N-ethyl adjacent to an activating group) is 1. The fourth-order valence-corrected chi connectivity index (χ4v) is 1.16. The Morgan fingerprint density at radius 3 is 3.12 bits per heavy atom. The molecular weight excluding hydrogens is 212 g/mol. The van der Waals surface area contributed by atoms with Gasteiger partial charge < -0.3 is 10.6 Å². The van der Waals surface area contributed by atoms with E-state index in [0.717, 1.165) is 4.52 Å². The maximum Gasteiger partial charge on any atom is 0.364 e. The second-order valence-electron chi connectivity index (χ2n) is 3.04. The number of nitrogens with zero attached hydrogens (tertiary/aromatic N) is 3. The third kappa shape index (κ3) is 1.85. The summed E-state index contributed by atoms with van der Waals surface area (Å²) in [5.41, 5.74) is 0.00841. The molecule has 0 fully saturated rings. The third-order valence-corrected chi connectivity index (χ3v) is 1.98. The zero-order valence-corrected chi connectivity index (χ0v) is 8.52. The Balaban J connectivity index is 2.22. The number of aromatic amines is 1. The Hall–Kier alpha value is -2.38. The topological polar surface area (TPSA) is 104 Å². The molecule has 0 saturated carbocycles. The van der Waals surface area contributed by atoms with Crippen LogP contribution in [-0.4, -0.2) is 39.3 Å². The van der Waals surface area contributed by atoms with Crippen molar-refractivity contribution in [3.05, 3.63) is 22.6 Å². The maximum absolute atomic E-state index is 11.2. The summed E-state index contributed by atoms with van der Waals surface area (Å²) in [6, 6.07) is 3.26. The number of carbonyl (C=O) groups is 1. The van der Waals surface area contributed by atoms with Crippen molar-refractivity contribution in [3.63, 3.8) is 0 Å². The lowest BCUT2D eigenvalue weighted by atomic mass is 10.5. The van der Waals surface area contributed by atoms with E-state index in [2.05, 4.69) is 25.9 Å². The second kappa shape index (κ2) is 4.01. The van der Waals surface area contributed by atoms with Crippen molar-refractivity contribution < 1.29 is 4.79 Å². The highest BCUT2D eigenvalue weighted by molar-refractivity contribution is 5.80. The molecule has 0 aliphatic rings. The Morgan fingerprint density at radius 1 is 1.56 bits per heavy atom. The predicted molar refractivity (Wildman–Crippen MR) is 56.2 cm³/mol. The van der Waals surface area contributed by atoms with Gasteiger partial charge in [-0.15, -0.1) is 5.10 Å². The van der Waals surface area contributed by atoms with Gasteiger partial charge >= 0.3 is 5.69 Å². The zero-order chi connectivity index (χ0) is 11.5. The summed E-state index contributed by atoms with van der Waals surface area (Å²) in [6.45, 7) is 0.0988. The van der Waals surface area contributed by atoms with Crippen molar-refractivity contribution >= 4 is 17.4 Å². The van der Waals surface area contributed by atoms with Crippen LogP contribution in [0, 0.1) is 0 Å². The van der Waals surface area contributed by atoms with E-state index in [1.54, 1.807) is 19.2 Å². The molecule has 0 radical (unpaired) electrons. The molecule has 2 aromatic heterocycles. The molecule has 0 spiro atoms. The number of hydrogen-bond donors (Lipinski definition) is 3. The molecule has 0 aliphatic heterocycles. The van der Waals surface area contributed by atoms with Crippen molar-refractivity contribution in [2.45, 2.75) is 0 Å². The quantitative estimate of drug-likeness (QED) is 0.591. The van der Waals surface area contributed by atoms with Crippen LogP contribution in [0.1, 0.15) is 0 Å². The molecule has 2 aromatic rings. The molecule has 0 atom stereocenters. The molecule has 0 aromatic carbocycles. The van der Waals surface area contributed by atoms with Gasteiger partial charge in [-0.2, -0.15) is 9.61 Å². The first-order chi connectivity index (χ1) is 7.70. The van der Waals surface area contributed by atoms with Gasteiger partial charge in [0.1, 0.15) is 5.82 Å². The van der Waals surface area contributed by atoms with Crippen LogP contribution >= 0.6 is 0 Å². The number of nitrogens with one attached hydrogen (secondary N) is 3. The zero-order valence-electron chi connectivity index (χ0n) is 8.52. The summed E-state index contributed by atoms with van der Waals surface area (Å²) in [5, 5.41) is 15.2. The number of anilines is 1. The molecule has 0 aliphatic carbocycles. The number of hydrogen-bond acceptors (Lipinski definition) is 5. The van der Waals surface area contributed by atoms with Crippen molar-refractivity contribution in [1.82, 2.24) is 25.1 Å². The molecule has 16 heavy (non-hydrogen) atoms. The van der Waals surface area contributed by atoms with Gasteiger partial charge in [0.15, 0.2) is 5.65 Å². The summed E-state index contributed by atoms with van der Waals surface area (Å²) in [4.78, 5) is 22.2. The molecule has 8 nitrogen and oxygen atoms in total. The first kappa shape index (κ1) is 10.1. The van der Waals surface area contributed by atoms with E-state index in [0.29, 0.717) is 11.5 Å². The van der Waals surface area contributed by atoms with Crippen molar-refractivity contribution in [2.75, 3.05) is 18.9 Å². The lowest BCUT2D eigenvalue weighted by Crippen LogP contribution is -2.26. The molecule has 0 saturated heterocycles. The van der Waals surface area contributed by atoms with Gasteiger partial charge in [-0.1, -0.05) is 0 Å². The third-order valence-electron chi connectivity index (χ3n) is 1.98. The highest BCUT2D eigenvalue weighted by Crippen LogP contribution is 2.01. The molecule has 8 heteroatoms. The second-order valence-corrected chi connectivity index (χ2v) is 3.04. The van der Waals surface area contributed by atoms with E-state index in [1.165, 1.54) is 0 Å². The monoisotopic (exact) mass is 222 g/mol. The molecule has 0 unspecified atom stereocenters. The first-order valence-electron chi connectivity index (χ1n) is 4.59. The first-order valence-corrected chi connectivity index (χ1v) is 4.59. The summed E-state index contributed by atoms with van der Waals surface area (Å²) >= 11 is 0. The van der Waals surface area contributed by atoms with Crippen LogP contribution < -0.4 is 16.3 Å². The lowest BCUT2D eigenvalue weighted by Gasteiger charge is -2.03. The van der Waals surface area contributed by atoms with E-state index in [-0.39, 0.29) is 12.5 Å². The summed E-state index contributed by atoms with van der Waals surface area (Å²) < 4.78 is 1.12. The average molecular weight is 222 g/mol. The van der Waals surface area contributed by atoms with E-state index in [1.807, 2.05) is 0 Å². The van der Waals surface area contributed by atoms with Gasteiger partial charge in [-0.3, -0.25) is 4.79 Å². The minimum Gasteiger partial charge on any atom is -0.360 e. The SMILES string of the molecule is CNC(=O)CNc1ccc2n[nH]c(=O)n2n1. The normalized spacial score (nSPS) is 10.3. The number of rotatable bonds is 3. The number of amides is 1. The highest BCUT2D eigenvalue weighted by atomic mass is 16.2. The van der Waals surface area contributed by atoms with Gasteiger partial charge in [0, 0.05) is 7.05 Å². The Labute approximate surface area is 89.7 Å². The molecular formula is C8H10N6O2. The average Bonchev–Trinajstić information content (AvgIpc) is 2.68. The molecule has 84 valence electrons. The lowest BCUT2D eigenvalue weighted by molar-refractivity contribution is -0.118. The maximum atomic E-state index is 11.2. The van der Waals surface area contributed by atoms with E-state index >= 15 is 0 Å². The van der Waals surface area contributed by atoms with Crippen LogP contribution in [0.4, 0.5) is 5.82 Å². The molecule has 2 rings (SSSR count). The van der Waals surface area contributed by atoms with Crippen LogP contribution in [0.3, 0.4) is 0 Å². The van der Waals surface area contributed by atoms with E-state index in [9.17, 15) is 9.59 Å². The number of fused-ring (bicyclic) bond motifs is 1. The van der Waals surface area contributed by atoms with Crippen molar-refractivity contribution in [3.8, 4) is 0 Å². The van der Waals surface area contributed by atoms with Crippen LogP contribution in [0.2, 0.25) is 0 Å². The Bertz CT molecular complexity index is 571. The van der Waals surface area contributed by atoms with Gasteiger partial charge in [-0.25, -0.2) is 9.89 Å². The van der Waals surface area contributed by atoms with Gasteiger partial charge in [0.05, 0.1) is 6.54 Å². The Kier molecular flexibility index (Phi) is 2.54. The number of aromatic nitrogens is 4. The van der Waals surface area contributed by atoms with Crippen LogP contribution in [0.25, 0.3) is 5.65 Å². The van der Waals surface area contributed by atoms with Crippen LogP contribution in [-0.2, 0) is 4.79 Å². The summed E-state index contributed by atoms with van der Waals surface area (Å²) in [7, 11) is 1.54. The fraction of sp³-hybridized carbons (Fsp3) is 0.250. The minimum atomic E-state index is -0.418. The fourth-order valence-electron chi connectivity index (χ4n) is 1.16. The smallest absolute Gasteiger partial charge is 0.360 e. The number of carbonyl (C=O) groups excluding carboxylic acids is 1. The van der Waals surface area contributed by atoms with Gasteiger partial charge in [-0.05, 0) is 12.1 Å². The predicted octanol–water partition coefficient (Wildman–Crippen LogP) is -1.42. The minimum absolute atomic E-state index is 0.0988. The standard InChI is InChI=1S/C8H10N6O2/c1-9-7(15)4-10-5-2-3-6-11-12-8(16)14(6)13-5/h2-3H,4H2,1H3,(H,9,15)(H,10,13)(H,12,16). The summed E-state index contributed by atoms with van der Waals surface area (Å²) in [5.74, 6) is 0.265. The van der Waals surface area contributed by atoms with Gasteiger partial charge in [0.2, 0.25) is 5.91 Å². The molecule has 0 bridgehead atoms. The molecule has 1 amide bonds.